The minimum Gasteiger partial charge on any atom is -0.366 e. The number of hydrogen-bond donors (Lipinski definition) is 1. The van der Waals surface area contributed by atoms with Crippen LogP contribution in [-0.2, 0) is 14.3 Å². The lowest BCUT2D eigenvalue weighted by molar-refractivity contribution is -0.149. The van der Waals surface area contributed by atoms with Crippen molar-refractivity contribution >= 4 is 24.2 Å². The molecule has 144 valence electrons. The van der Waals surface area contributed by atoms with E-state index in [4.69, 9.17) is 4.74 Å². The van der Waals surface area contributed by atoms with Gasteiger partial charge in [-0.15, -0.1) is 12.4 Å². The predicted molar refractivity (Wildman–Crippen MR) is 98.8 cm³/mol. The Balaban J connectivity index is 0.00000225. The lowest BCUT2D eigenvalue weighted by atomic mass is 9.86. The third kappa shape index (κ3) is 5.83. The molecular formula is C18H32ClN3O3. The summed E-state index contributed by atoms with van der Waals surface area (Å²) >= 11 is 0. The second kappa shape index (κ2) is 10.3. The van der Waals surface area contributed by atoms with E-state index in [-0.39, 0.29) is 30.3 Å². The summed E-state index contributed by atoms with van der Waals surface area (Å²) in [5.74, 6) is 1.08. The van der Waals surface area contributed by atoms with Gasteiger partial charge in [0.15, 0.2) is 0 Å². The van der Waals surface area contributed by atoms with Crippen LogP contribution in [0.4, 0.5) is 0 Å². The summed E-state index contributed by atoms with van der Waals surface area (Å²) in [6.45, 7) is 4.59. The van der Waals surface area contributed by atoms with Gasteiger partial charge in [-0.25, -0.2) is 0 Å². The Morgan fingerprint density at radius 3 is 2.32 bits per heavy atom. The first-order valence-electron chi connectivity index (χ1n) is 9.63. The average Bonchev–Trinajstić information content (AvgIpc) is 2.67. The molecule has 0 aromatic heterocycles. The van der Waals surface area contributed by atoms with Crippen molar-refractivity contribution in [2.24, 2.45) is 5.92 Å². The van der Waals surface area contributed by atoms with Crippen LogP contribution in [0.15, 0.2) is 0 Å². The molecule has 1 saturated carbocycles. The fraction of sp³-hybridized carbons (Fsp3) is 0.889. The number of morpholine rings is 1. The van der Waals surface area contributed by atoms with Crippen LogP contribution in [0.2, 0.25) is 0 Å². The average molecular weight is 374 g/mol. The number of rotatable bonds is 4. The van der Waals surface area contributed by atoms with E-state index in [1.54, 1.807) is 0 Å². The Bertz CT molecular complexity index is 429. The van der Waals surface area contributed by atoms with Gasteiger partial charge in [0.05, 0.1) is 6.61 Å². The number of nitrogens with one attached hydrogen (secondary N) is 1. The number of nitrogens with zero attached hydrogens (tertiary/aromatic N) is 2. The summed E-state index contributed by atoms with van der Waals surface area (Å²) in [5, 5.41) is 3.19. The maximum absolute atomic E-state index is 12.4. The second-order valence-electron chi connectivity index (χ2n) is 7.31. The van der Waals surface area contributed by atoms with Crippen LogP contribution < -0.4 is 5.32 Å². The molecule has 25 heavy (non-hydrogen) atoms. The van der Waals surface area contributed by atoms with Crippen molar-refractivity contribution < 1.29 is 14.3 Å². The quantitative estimate of drug-likeness (QED) is 0.809. The van der Waals surface area contributed by atoms with Crippen molar-refractivity contribution in [1.82, 2.24) is 15.1 Å². The monoisotopic (exact) mass is 373 g/mol. The number of piperazine rings is 1. The number of amides is 2. The summed E-state index contributed by atoms with van der Waals surface area (Å²) in [7, 11) is 0. The highest BCUT2D eigenvalue weighted by atomic mass is 35.5. The highest BCUT2D eigenvalue weighted by Gasteiger charge is 2.30. The largest absolute Gasteiger partial charge is 0.366 e. The van der Waals surface area contributed by atoms with Gasteiger partial charge in [-0.1, -0.05) is 32.1 Å². The van der Waals surface area contributed by atoms with Gasteiger partial charge in [0, 0.05) is 45.7 Å². The zero-order valence-electron chi connectivity index (χ0n) is 15.1. The highest BCUT2D eigenvalue weighted by Crippen LogP contribution is 2.27. The van der Waals surface area contributed by atoms with Crippen molar-refractivity contribution in [1.29, 1.82) is 0 Å². The van der Waals surface area contributed by atoms with Crippen molar-refractivity contribution in [3.63, 3.8) is 0 Å². The summed E-state index contributed by atoms with van der Waals surface area (Å²) < 4.78 is 5.54. The molecule has 2 saturated heterocycles. The van der Waals surface area contributed by atoms with E-state index >= 15 is 0 Å². The molecule has 6 nitrogen and oxygen atoms in total. The van der Waals surface area contributed by atoms with Crippen molar-refractivity contribution in [3.05, 3.63) is 0 Å². The summed E-state index contributed by atoms with van der Waals surface area (Å²) in [5.41, 5.74) is 0. The van der Waals surface area contributed by atoms with Crippen LogP contribution in [0, 0.1) is 5.92 Å². The van der Waals surface area contributed by atoms with E-state index in [2.05, 4.69) is 5.32 Å². The summed E-state index contributed by atoms with van der Waals surface area (Å²) in [4.78, 5) is 28.6. The van der Waals surface area contributed by atoms with Gasteiger partial charge >= 0.3 is 0 Å². The van der Waals surface area contributed by atoms with E-state index in [1.807, 2.05) is 9.80 Å². The predicted octanol–water partition coefficient (Wildman–Crippen LogP) is 1.43. The van der Waals surface area contributed by atoms with Crippen molar-refractivity contribution in [2.45, 2.75) is 51.0 Å². The Morgan fingerprint density at radius 1 is 1.00 bits per heavy atom. The first-order valence-corrected chi connectivity index (χ1v) is 9.63. The van der Waals surface area contributed by atoms with E-state index < -0.39 is 0 Å². The van der Waals surface area contributed by atoms with Gasteiger partial charge in [-0.3, -0.25) is 9.59 Å². The Morgan fingerprint density at radius 2 is 1.68 bits per heavy atom. The van der Waals surface area contributed by atoms with Crippen molar-refractivity contribution in [2.75, 3.05) is 45.9 Å². The Hall–Kier alpha value is -0.850. The van der Waals surface area contributed by atoms with Gasteiger partial charge in [0.1, 0.15) is 6.10 Å². The molecule has 7 heteroatoms. The molecular weight excluding hydrogens is 342 g/mol. The summed E-state index contributed by atoms with van der Waals surface area (Å²) in [6.07, 6.45) is 7.98. The van der Waals surface area contributed by atoms with Crippen LogP contribution >= 0.6 is 12.4 Å². The third-order valence-corrected chi connectivity index (χ3v) is 5.64. The maximum atomic E-state index is 12.4. The van der Waals surface area contributed by atoms with E-state index in [9.17, 15) is 9.59 Å². The minimum atomic E-state index is -0.354. The Labute approximate surface area is 157 Å². The lowest BCUT2D eigenvalue weighted by Gasteiger charge is -2.37. The molecule has 0 spiro atoms. The maximum Gasteiger partial charge on any atom is 0.253 e. The molecule has 2 aliphatic heterocycles. The van der Waals surface area contributed by atoms with Gasteiger partial charge in [0.25, 0.3) is 5.91 Å². The van der Waals surface area contributed by atoms with Crippen LogP contribution in [0.25, 0.3) is 0 Å². The SMILES string of the molecule is Cl.O=C(CCC1CCCCC1)N1CCN(C(=O)C2CNCCO2)CC1. The molecule has 1 N–H and O–H groups in total. The van der Waals surface area contributed by atoms with E-state index in [1.165, 1.54) is 32.1 Å². The minimum absolute atomic E-state index is 0. The van der Waals surface area contributed by atoms with Crippen LogP contribution in [0.5, 0.6) is 0 Å². The van der Waals surface area contributed by atoms with Gasteiger partial charge in [0.2, 0.25) is 5.91 Å². The molecule has 1 aliphatic carbocycles. The zero-order valence-corrected chi connectivity index (χ0v) is 15.9. The first kappa shape index (κ1) is 20.5. The molecule has 2 amide bonds. The third-order valence-electron chi connectivity index (χ3n) is 5.64. The first-order chi connectivity index (χ1) is 11.7. The molecule has 0 aromatic rings. The fourth-order valence-electron chi connectivity index (χ4n) is 4.07. The molecule has 0 bridgehead atoms. The Kier molecular flexibility index (Phi) is 8.46. The van der Waals surface area contributed by atoms with Crippen molar-refractivity contribution in [3.8, 4) is 0 Å². The molecule has 1 unspecified atom stereocenters. The zero-order chi connectivity index (χ0) is 16.8. The number of carbonyl (C=O) groups excluding carboxylic acids is 2. The number of carbonyl (C=O) groups is 2. The van der Waals surface area contributed by atoms with E-state index in [0.717, 1.165) is 18.9 Å². The fourth-order valence-corrected chi connectivity index (χ4v) is 4.07. The smallest absolute Gasteiger partial charge is 0.253 e. The molecule has 2 heterocycles. The second-order valence-corrected chi connectivity index (χ2v) is 7.31. The highest BCUT2D eigenvalue weighted by molar-refractivity contribution is 5.85. The summed E-state index contributed by atoms with van der Waals surface area (Å²) in [6, 6.07) is 0. The number of halogens is 1. The normalized spacial score (nSPS) is 25.4. The molecule has 1 atom stereocenters. The standard InChI is InChI=1S/C18H31N3O3.ClH/c22-17(7-6-15-4-2-1-3-5-15)20-9-11-21(12-10-20)18(23)16-14-19-8-13-24-16;/h15-16,19H,1-14H2;1H. The molecule has 0 aromatic carbocycles. The van der Waals surface area contributed by atoms with Crippen LogP contribution in [0.1, 0.15) is 44.9 Å². The van der Waals surface area contributed by atoms with Crippen LogP contribution in [0.3, 0.4) is 0 Å². The van der Waals surface area contributed by atoms with Gasteiger partial charge in [-0.05, 0) is 12.3 Å². The number of hydrogen-bond acceptors (Lipinski definition) is 4. The topological polar surface area (TPSA) is 61.9 Å². The number of ether oxygens (including phenoxy) is 1. The van der Waals surface area contributed by atoms with E-state index in [0.29, 0.717) is 45.8 Å². The van der Waals surface area contributed by atoms with Crippen LogP contribution in [-0.4, -0.2) is 73.6 Å². The molecule has 3 aliphatic rings. The molecule has 3 fully saturated rings. The molecule has 3 rings (SSSR count). The van der Waals surface area contributed by atoms with Gasteiger partial charge in [-0.2, -0.15) is 0 Å². The molecule has 0 radical (unpaired) electrons. The lowest BCUT2D eigenvalue weighted by Crippen LogP contribution is -2.56. The van der Waals surface area contributed by atoms with Gasteiger partial charge < -0.3 is 19.9 Å².